The van der Waals surface area contributed by atoms with Gasteiger partial charge in [0.2, 0.25) is 0 Å². The maximum atomic E-state index is 4.51. The summed E-state index contributed by atoms with van der Waals surface area (Å²) in [6, 6.07) is 10.1. The number of nitrogens with one attached hydrogen (secondary N) is 2. The maximum Gasteiger partial charge on any atom is 0.143 e. The number of aromatic amines is 1. The number of pyridine rings is 1. The fourth-order valence-electron chi connectivity index (χ4n) is 1.95. The Morgan fingerprint density at radius 2 is 2.17 bits per heavy atom. The summed E-state index contributed by atoms with van der Waals surface area (Å²) in [4.78, 5) is 8.59. The van der Waals surface area contributed by atoms with Gasteiger partial charge in [-0.25, -0.2) is 4.98 Å². The zero-order valence-electron chi connectivity index (χ0n) is 10.0. The molecule has 90 valence electrons. The monoisotopic (exact) mass is 239 g/mol. The van der Waals surface area contributed by atoms with Gasteiger partial charge in [-0.3, -0.25) is 10.1 Å². The van der Waals surface area contributed by atoms with Gasteiger partial charge in [-0.05, 0) is 19.1 Å². The molecule has 5 heteroatoms. The molecular weight excluding hydrogens is 226 g/mol. The third-order valence-corrected chi connectivity index (χ3v) is 2.76. The largest absolute Gasteiger partial charge is 0.377 e. The van der Waals surface area contributed by atoms with Crippen molar-refractivity contribution in [1.82, 2.24) is 20.2 Å². The van der Waals surface area contributed by atoms with Crippen molar-refractivity contribution in [2.75, 3.05) is 5.32 Å². The number of nitrogens with zero attached hydrogens (tertiary/aromatic N) is 3. The molecule has 0 spiro atoms. The van der Waals surface area contributed by atoms with E-state index < -0.39 is 0 Å². The average molecular weight is 239 g/mol. The summed E-state index contributed by atoms with van der Waals surface area (Å²) in [6.07, 6.45) is 1.51. The summed E-state index contributed by atoms with van der Waals surface area (Å²) in [5.41, 5.74) is 3.06. The molecule has 3 rings (SSSR count). The van der Waals surface area contributed by atoms with Crippen LogP contribution in [-0.4, -0.2) is 20.2 Å². The van der Waals surface area contributed by atoms with E-state index in [-0.39, 0.29) is 0 Å². The van der Waals surface area contributed by atoms with Crippen LogP contribution in [0.1, 0.15) is 11.5 Å². The molecule has 0 radical (unpaired) electrons. The summed E-state index contributed by atoms with van der Waals surface area (Å²) >= 11 is 0. The second kappa shape index (κ2) is 4.44. The number of H-pyrrole nitrogens is 1. The summed E-state index contributed by atoms with van der Waals surface area (Å²) in [5.74, 6) is 0.813. The van der Waals surface area contributed by atoms with Crippen LogP contribution in [0.4, 0.5) is 5.69 Å². The van der Waals surface area contributed by atoms with Crippen LogP contribution in [0.15, 0.2) is 36.7 Å². The predicted molar refractivity (Wildman–Crippen MR) is 70.2 cm³/mol. The molecule has 18 heavy (non-hydrogen) atoms. The summed E-state index contributed by atoms with van der Waals surface area (Å²) in [6.45, 7) is 2.61. The Labute approximate surface area is 104 Å². The van der Waals surface area contributed by atoms with E-state index in [1.807, 2.05) is 31.2 Å². The molecule has 2 aromatic heterocycles. The number of para-hydroxylation sites is 1. The summed E-state index contributed by atoms with van der Waals surface area (Å²) in [7, 11) is 0. The van der Waals surface area contributed by atoms with Gasteiger partial charge in [0.1, 0.15) is 12.2 Å². The number of benzene rings is 1. The van der Waals surface area contributed by atoms with Gasteiger partial charge in [0.15, 0.2) is 0 Å². The Balaban J connectivity index is 1.95. The fraction of sp³-hybridized carbons (Fsp3) is 0.154. The highest BCUT2D eigenvalue weighted by Gasteiger charge is 2.03. The lowest BCUT2D eigenvalue weighted by Crippen LogP contribution is -2.02. The molecule has 0 saturated heterocycles. The first kappa shape index (κ1) is 10.7. The molecule has 0 aliphatic heterocycles. The number of anilines is 1. The van der Waals surface area contributed by atoms with E-state index in [1.165, 1.54) is 6.33 Å². The van der Waals surface area contributed by atoms with E-state index in [4.69, 9.17) is 0 Å². The highest BCUT2D eigenvalue weighted by Crippen LogP contribution is 2.23. The first-order valence-electron chi connectivity index (χ1n) is 5.77. The smallest absolute Gasteiger partial charge is 0.143 e. The van der Waals surface area contributed by atoms with Crippen LogP contribution < -0.4 is 5.32 Å². The minimum atomic E-state index is 0.618. The lowest BCUT2D eigenvalue weighted by atomic mass is 10.1. The van der Waals surface area contributed by atoms with Gasteiger partial charge in [-0.15, -0.1) is 0 Å². The van der Waals surface area contributed by atoms with Crippen LogP contribution in [-0.2, 0) is 6.54 Å². The Kier molecular flexibility index (Phi) is 2.64. The van der Waals surface area contributed by atoms with Gasteiger partial charge in [-0.2, -0.15) is 5.10 Å². The molecule has 0 fully saturated rings. The zero-order valence-corrected chi connectivity index (χ0v) is 10.0. The molecule has 0 atom stereocenters. The molecule has 5 nitrogen and oxygen atoms in total. The normalized spacial score (nSPS) is 10.7. The molecule has 0 saturated carbocycles. The molecule has 0 amide bonds. The van der Waals surface area contributed by atoms with Crippen LogP contribution >= 0.6 is 0 Å². The lowest BCUT2D eigenvalue weighted by Gasteiger charge is -2.09. The van der Waals surface area contributed by atoms with Crippen molar-refractivity contribution in [3.8, 4) is 0 Å². The Morgan fingerprint density at radius 1 is 1.28 bits per heavy atom. The molecule has 0 aliphatic carbocycles. The summed E-state index contributed by atoms with van der Waals surface area (Å²) in [5, 5.41) is 11.1. The molecule has 3 aromatic rings. The Morgan fingerprint density at radius 3 is 3.00 bits per heavy atom. The SMILES string of the molecule is Cc1cc(NCc2ncn[nH]2)c2ccccc2n1. The predicted octanol–water partition coefficient (Wildman–Crippen LogP) is 2.27. The first-order chi connectivity index (χ1) is 8.83. The van der Waals surface area contributed by atoms with Crippen molar-refractivity contribution in [3.05, 3.63) is 48.2 Å². The van der Waals surface area contributed by atoms with Crippen molar-refractivity contribution < 1.29 is 0 Å². The van der Waals surface area contributed by atoms with Crippen molar-refractivity contribution in [2.24, 2.45) is 0 Å². The van der Waals surface area contributed by atoms with Crippen LogP contribution in [0, 0.1) is 6.92 Å². The van der Waals surface area contributed by atoms with Gasteiger partial charge in [-0.1, -0.05) is 18.2 Å². The van der Waals surface area contributed by atoms with Crippen LogP contribution in [0.3, 0.4) is 0 Å². The van der Waals surface area contributed by atoms with Crippen molar-refractivity contribution in [1.29, 1.82) is 0 Å². The molecule has 0 bridgehead atoms. The Hall–Kier alpha value is -2.43. The second-order valence-corrected chi connectivity index (χ2v) is 4.11. The zero-order chi connectivity index (χ0) is 12.4. The average Bonchev–Trinajstić information content (AvgIpc) is 2.89. The van der Waals surface area contributed by atoms with Crippen LogP contribution in [0.5, 0.6) is 0 Å². The van der Waals surface area contributed by atoms with Gasteiger partial charge in [0.25, 0.3) is 0 Å². The number of rotatable bonds is 3. The molecule has 0 unspecified atom stereocenters. The molecular formula is C13H13N5. The van der Waals surface area contributed by atoms with E-state index >= 15 is 0 Å². The maximum absolute atomic E-state index is 4.51. The highest BCUT2D eigenvalue weighted by molar-refractivity contribution is 5.91. The van der Waals surface area contributed by atoms with Gasteiger partial charge >= 0.3 is 0 Å². The quantitative estimate of drug-likeness (QED) is 0.735. The van der Waals surface area contributed by atoms with Crippen LogP contribution in [0.25, 0.3) is 10.9 Å². The Bertz CT molecular complexity index is 660. The topological polar surface area (TPSA) is 66.5 Å². The standard InChI is InChI=1S/C13H13N5/c1-9-6-12(14-7-13-15-8-16-18-13)10-4-2-3-5-11(10)17-9/h2-6,8H,7H2,1H3,(H,14,17)(H,15,16,18). The minimum Gasteiger partial charge on any atom is -0.377 e. The number of aryl methyl sites for hydroxylation is 1. The second-order valence-electron chi connectivity index (χ2n) is 4.11. The van der Waals surface area contributed by atoms with Crippen molar-refractivity contribution >= 4 is 16.6 Å². The van der Waals surface area contributed by atoms with Crippen LogP contribution in [0.2, 0.25) is 0 Å². The van der Waals surface area contributed by atoms with Gasteiger partial charge in [0.05, 0.1) is 12.1 Å². The van der Waals surface area contributed by atoms with Gasteiger partial charge in [0, 0.05) is 16.8 Å². The van der Waals surface area contributed by atoms with Gasteiger partial charge < -0.3 is 5.32 Å². The number of hydrogen-bond donors (Lipinski definition) is 2. The third kappa shape index (κ3) is 2.02. The fourth-order valence-corrected chi connectivity index (χ4v) is 1.95. The lowest BCUT2D eigenvalue weighted by molar-refractivity contribution is 0.955. The summed E-state index contributed by atoms with van der Waals surface area (Å²) < 4.78 is 0. The molecule has 2 N–H and O–H groups in total. The molecule has 0 aliphatic rings. The highest BCUT2D eigenvalue weighted by atomic mass is 15.2. The number of hydrogen-bond acceptors (Lipinski definition) is 4. The number of aromatic nitrogens is 4. The molecule has 1 aromatic carbocycles. The van der Waals surface area contributed by atoms with E-state index in [1.54, 1.807) is 0 Å². The van der Waals surface area contributed by atoms with E-state index in [0.717, 1.165) is 28.1 Å². The minimum absolute atomic E-state index is 0.618. The first-order valence-corrected chi connectivity index (χ1v) is 5.77. The van der Waals surface area contributed by atoms with E-state index in [2.05, 4.69) is 31.5 Å². The van der Waals surface area contributed by atoms with Crippen molar-refractivity contribution in [2.45, 2.75) is 13.5 Å². The van der Waals surface area contributed by atoms with Crippen molar-refractivity contribution in [3.63, 3.8) is 0 Å². The third-order valence-electron chi connectivity index (χ3n) is 2.76. The molecule has 2 heterocycles. The van der Waals surface area contributed by atoms with E-state index in [9.17, 15) is 0 Å². The van der Waals surface area contributed by atoms with E-state index in [0.29, 0.717) is 6.54 Å². The number of fused-ring (bicyclic) bond motifs is 1.